The Morgan fingerprint density at radius 3 is 2.59 bits per heavy atom. The molecule has 0 saturated heterocycles. The number of nitro groups is 1. The number of alkyl halides is 3. The third-order valence-electron chi connectivity index (χ3n) is 4.77. The van der Waals surface area contributed by atoms with E-state index in [1.165, 1.54) is 6.07 Å². The molecule has 0 aliphatic heterocycles. The molecule has 3 aromatic rings. The molecule has 0 fully saturated rings. The first-order valence-corrected chi connectivity index (χ1v) is 9.62. The maximum absolute atomic E-state index is 12.9. The number of nitrogens with one attached hydrogen (secondary N) is 2. The van der Waals surface area contributed by atoms with E-state index in [9.17, 15) is 28.1 Å². The highest BCUT2D eigenvalue weighted by molar-refractivity contribution is 5.76. The van der Waals surface area contributed by atoms with Crippen LogP contribution in [0.4, 0.5) is 24.5 Å². The summed E-state index contributed by atoms with van der Waals surface area (Å²) >= 11 is 0. The molecule has 0 atom stereocenters. The van der Waals surface area contributed by atoms with Crippen molar-refractivity contribution in [2.45, 2.75) is 32.9 Å². The van der Waals surface area contributed by atoms with Gasteiger partial charge in [-0.05, 0) is 31.9 Å². The summed E-state index contributed by atoms with van der Waals surface area (Å²) in [7, 11) is 0. The van der Waals surface area contributed by atoms with Crippen LogP contribution in [-0.2, 0) is 17.4 Å². The molecule has 13 heteroatoms. The third kappa shape index (κ3) is 5.10. The van der Waals surface area contributed by atoms with Crippen molar-refractivity contribution in [2.24, 2.45) is 0 Å². The van der Waals surface area contributed by atoms with E-state index in [4.69, 9.17) is 0 Å². The van der Waals surface area contributed by atoms with Crippen molar-refractivity contribution in [3.05, 3.63) is 57.2 Å². The average Bonchev–Trinajstić information content (AvgIpc) is 3.16. The number of anilines is 1. The van der Waals surface area contributed by atoms with Gasteiger partial charge >= 0.3 is 6.18 Å². The SMILES string of the molecule is Cc1nc2nc(C(F)(F)F)nn2c(C)c1CCC(=O)NCCNc1ccccc1[N+](=O)[O-]. The van der Waals surface area contributed by atoms with E-state index in [0.29, 0.717) is 22.6 Å². The molecule has 32 heavy (non-hydrogen) atoms. The number of hydrogen-bond donors (Lipinski definition) is 2. The number of nitro benzene ring substituents is 1. The Morgan fingerprint density at radius 2 is 1.91 bits per heavy atom. The number of amides is 1. The number of carbonyl (C=O) groups is 1. The highest BCUT2D eigenvalue weighted by Gasteiger charge is 2.37. The Morgan fingerprint density at radius 1 is 1.19 bits per heavy atom. The second kappa shape index (κ2) is 9.16. The van der Waals surface area contributed by atoms with Crippen LogP contribution in [0, 0.1) is 24.0 Å². The van der Waals surface area contributed by atoms with Gasteiger partial charge in [-0.2, -0.15) is 18.2 Å². The number of hydrogen-bond acceptors (Lipinski definition) is 7. The van der Waals surface area contributed by atoms with E-state index in [0.717, 1.165) is 4.52 Å². The standard InChI is InChI=1S/C19H20F3N7O3/c1-11-13(12(2)28-18(25-11)26-17(27-28)19(20,21)22)7-8-16(30)24-10-9-23-14-5-3-4-6-15(14)29(31)32/h3-6,23H,7-10H2,1-2H3,(H,24,30). The lowest BCUT2D eigenvalue weighted by Crippen LogP contribution is -2.29. The third-order valence-corrected chi connectivity index (χ3v) is 4.77. The summed E-state index contributed by atoms with van der Waals surface area (Å²) in [6.07, 6.45) is -4.34. The zero-order chi connectivity index (χ0) is 23.5. The van der Waals surface area contributed by atoms with Gasteiger partial charge < -0.3 is 10.6 Å². The van der Waals surface area contributed by atoms with Crippen LogP contribution in [0.25, 0.3) is 5.78 Å². The van der Waals surface area contributed by atoms with Gasteiger partial charge in [0.2, 0.25) is 5.91 Å². The van der Waals surface area contributed by atoms with E-state index in [1.807, 2.05) is 0 Å². The topological polar surface area (TPSA) is 127 Å². The largest absolute Gasteiger partial charge is 0.453 e. The van der Waals surface area contributed by atoms with Crippen molar-refractivity contribution < 1.29 is 22.9 Å². The molecule has 0 spiro atoms. The van der Waals surface area contributed by atoms with Crippen molar-refractivity contribution in [2.75, 3.05) is 18.4 Å². The minimum Gasteiger partial charge on any atom is -0.378 e. The number of benzene rings is 1. The Labute approximate surface area is 180 Å². The Hall–Kier alpha value is -3.77. The van der Waals surface area contributed by atoms with Gasteiger partial charge in [0.05, 0.1) is 4.92 Å². The van der Waals surface area contributed by atoms with E-state index >= 15 is 0 Å². The molecule has 0 saturated carbocycles. The van der Waals surface area contributed by atoms with Crippen molar-refractivity contribution >= 4 is 23.1 Å². The van der Waals surface area contributed by atoms with Crippen LogP contribution in [0.2, 0.25) is 0 Å². The first-order valence-electron chi connectivity index (χ1n) is 9.62. The first kappa shape index (κ1) is 22.9. The van der Waals surface area contributed by atoms with Crippen LogP contribution in [-0.4, -0.2) is 43.5 Å². The van der Waals surface area contributed by atoms with Crippen molar-refractivity contribution in [3.8, 4) is 0 Å². The van der Waals surface area contributed by atoms with Gasteiger partial charge in [0.25, 0.3) is 17.3 Å². The predicted octanol–water partition coefficient (Wildman–Crippen LogP) is 2.83. The highest BCUT2D eigenvalue weighted by atomic mass is 19.4. The fraction of sp³-hybridized carbons (Fsp3) is 0.368. The lowest BCUT2D eigenvalue weighted by Gasteiger charge is -2.11. The zero-order valence-corrected chi connectivity index (χ0v) is 17.2. The number of halogens is 3. The Kier molecular flexibility index (Phi) is 6.55. The maximum atomic E-state index is 12.9. The van der Waals surface area contributed by atoms with Gasteiger partial charge in [-0.1, -0.05) is 12.1 Å². The molecule has 0 aliphatic carbocycles. The second-order valence-electron chi connectivity index (χ2n) is 6.96. The van der Waals surface area contributed by atoms with Crippen LogP contribution >= 0.6 is 0 Å². The molecule has 3 rings (SSSR count). The molecule has 10 nitrogen and oxygen atoms in total. The Bertz CT molecular complexity index is 1160. The van der Waals surface area contributed by atoms with Crippen molar-refractivity contribution in [1.29, 1.82) is 0 Å². The second-order valence-corrected chi connectivity index (χ2v) is 6.96. The minimum absolute atomic E-state index is 0.0607. The van der Waals surface area contributed by atoms with Gasteiger partial charge in [-0.25, -0.2) is 9.50 Å². The van der Waals surface area contributed by atoms with Crippen molar-refractivity contribution in [3.63, 3.8) is 0 Å². The molecule has 0 unspecified atom stereocenters. The molecule has 1 amide bonds. The fourth-order valence-electron chi connectivity index (χ4n) is 3.20. The van der Waals surface area contributed by atoms with E-state index in [-0.39, 0.29) is 43.3 Å². The normalized spacial score (nSPS) is 11.5. The number of para-hydroxylation sites is 2. The van der Waals surface area contributed by atoms with Crippen LogP contribution in [0.15, 0.2) is 24.3 Å². The summed E-state index contributed by atoms with van der Waals surface area (Å²) in [6.45, 7) is 3.75. The number of nitrogens with zero attached hydrogens (tertiary/aromatic N) is 5. The van der Waals surface area contributed by atoms with Crippen molar-refractivity contribution in [1.82, 2.24) is 24.9 Å². The molecule has 2 heterocycles. The fourth-order valence-corrected chi connectivity index (χ4v) is 3.20. The highest BCUT2D eigenvalue weighted by Crippen LogP contribution is 2.27. The summed E-state index contributed by atoms with van der Waals surface area (Å²) < 4.78 is 39.6. The maximum Gasteiger partial charge on any atom is 0.453 e. The lowest BCUT2D eigenvalue weighted by atomic mass is 10.1. The van der Waals surface area contributed by atoms with E-state index < -0.39 is 16.9 Å². The number of rotatable bonds is 8. The zero-order valence-electron chi connectivity index (χ0n) is 17.2. The quantitative estimate of drug-likeness (QED) is 0.306. The summed E-state index contributed by atoms with van der Waals surface area (Å²) in [4.78, 5) is 30.2. The van der Waals surface area contributed by atoms with Gasteiger partial charge in [0.1, 0.15) is 5.69 Å². The summed E-state index contributed by atoms with van der Waals surface area (Å²) in [5, 5.41) is 20.1. The predicted molar refractivity (Wildman–Crippen MR) is 108 cm³/mol. The minimum atomic E-state index is -4.68. The summed E-state index contributed by atoms with van der Waals surface area (Å²) in [6, 6.07) is 6.17. The summed E-state index contributed by atoms with van der Waals surface area (Å²) in [5.41, 5.74) is 1.81. The number of fused-ring (bicyclic) bond motifs is 1. The summed E-state index contributed by atoms with van der Waals surface area (Å²) in [5.74, 6) is -1.70. The average molecular weight is 451 g/mol. The molecular formula is C19H20F3N7O3. The van der Waals surface area contributed by atoms with E-state index in [2.05, 4.69) is 25.7 Å². The molecule has 170 valence electrons. The molecule has 0 bridgehead atoms. The molecule has 0 aliphatic rings. The lowest BCUT2D eigenvalue weighted by molar-refractivity contribution is -0.384. The molecule has 1 aromatic carbocycles. The number of aromatic nitrogens is 4. The van der Waals surface area contributed by atoms with Gasteiger partial charge in [-0.15, -0.1) is 5.10 Å². The van der Waals surface area contributed by atoms with Gasteiger partial charge in [0, 0.05) is 37.0 Å². The molecular weight excluding hydrogens is 431 g/mol. The van der Waals surface area contributed by atoms with Crippen LogP contribution < -0.4 is 10.6 Å². The smallest absolute Gasteiger partial charge is 0.378 e. The monoisotopic (exact) mass is 451 g/mol. The molecule has 2 aromatic heterocycles. The van der Waals surface area contributed by atoms with Crippen LogP contribution in [0.5, 0.6) is 0 Å². The Balaban J connectivity index is 1.56. The molecule has 0 radical (unpaired) electrons. The van der Waals surface area contributed by atoms with Crippen LogP contribution in [0.1, 0.15) is 29.2 Å². The van der Waals surface area contributed by atoms with Crippen LogP contribution in [0.3, 0.4) is 0 Å². The number of aryl methyl sites for hydroxylation is 2. The van der Waals surface area contributed by atoms with Gasteiger partial charge in [0.15, 0.2) is 0 Å². The first-order chi connectivity index (χ1) is 15.1. The van der Waals surface area contributed by atoms with Gasteiger partial charge in [-0.3, -0.25) is 14.9 Å². The number of carbonyl (C=O) groups excluding carboxylic acids is 1. The molecule has 2 N–H and O–H groups in total. The van der Waals surface area contributed by atoms with E-state index in [1.54, 1.807) is 32.0 Å².